The Morgan fingerprint density at radius 2 is 1.88 bits per heavy atom. The molecule has 1 saturated carbocycles. The normalized spacial score (nSPS) is 23.7. The van der Waals surface area contributed by atoms with Crippen molar-refractivity contribution < 1.29 is 24.3 Å². The van der Waals surface area contributed by atoms with Gasteiger partial charge in [0.15, 0.2) is 5.49 Å². The van der Waals surface area contributed by atoms with Crippen molar-refractivity contribution in [2.75, 3.05) is 19.7 Å². The van der Waals surface area contributed by atoms with Crippen molar-refractivity contribution in [3.05, 3.63) is 29.9 Å². The number of rotatable bonds is 3. The van der Waals surface area contributed by atoms with Crippen LogP contribution in [-0.4, -0.2) is 52.8 Å². The number of amides is 2. The topological polar surface area (TPSA) is 93.4 Å². The lowest BCUT2D eigenvalue weighted by Gasteiger charge is -2.28. The predicted molar refractivity (Wildman–Crippen MR) is 91.6 cm³/mol. The van der Waals surface area contributed by atoms with E-state index in [1.807, 2.05) is 0 Å². The van der Waals surface area contributed by atoms with Gasteiger partial charge in [-0.15, -0.1) is 0 Å². The van der Waals surface area contributed by atoms with E-state index in [0.29, 0.717) is 12.5 Å². The lowest BCUT2D eigenvalue weighted by molar-refractivity contribution is 0.0476. The van der Waals surface area contributed by atoms with Gasteiger partial charge in [0.25, 0.3) is 0 Å². The number of carbonyl (C=O) groups excluding carboxylic acids is 2. The van der Waals surface area contributed by atoms with Crippen molar-refractivity contribution in [2.45, 2.75) is 44.6 Å². The molecule has 1 saturated heterocycles. The molecule has 0 radical (unpaired) electrons. The summed E-state index contributed by atoms with van der Waals surface area (Å²) < 4.78 is 11.5. The number of ether oxygens (including phenoxy) is 2. The lowest BCUT2D eigenvalue weighted by Crippen LogP contribution is -2.31. The highest BCUT2D eigenvalue weighted by Gasteiger charge is 2.26. The van der Waals surface area contributed by atoms with Crippen molar-refractivity contribution in [1.29, 1.82) is 0 Å². The van der Waals surface area contributed by atoms with Crippen LogP contribution in [0.1, 0.15) is 38.5 Å². The first kappa shape index (κ1) is 18.3. The van der Waals surface area contributed by atoms with Crippen LogP contribution in [0.2, 0.25) is 0 Å². The molecule has 1 aromatic rings. The Hall–Kier alpha value is -2.51. The van der Waals surface area contributed by atoms with Gasteiger partial charge in [-0.1, -0.05) is 6.07 Å². The fourth-order valence-corrected chi connectivity index (χ4v) is 3.37. The summed E-state index contributed by atoms with van der Waals surface area (Å²) in [5.74, 6) is 0.308. The highest BCUT2D eigenvalue weighted by Crippen LogP contribution is 2.27. The molecule has 0 aromatic carbocycles. The molecule has 2 fully saturated rings. The summed E-state index contributed by atoms with van der Waals surface area (Å²) >= 11 is 0. The van der Waals surface area contributed by atoms with Crippen LogP contribution in [-0.2, 0) is 9.47 Å². The predicted octanol–water partition coefficient (Wildman–Crippen LogP) is 2.55. The molecule has 0 bridgehead atoms. The van der Waals surface area contributed by atoms with Crippen molar-refractivity contribution >= 4 is 12.2 Å². The first-order valence-electron chi connectivity index (χ1n) is 9.16. The van der Waals surface area contributed by atoms with Gasteiger partial charge in [0.1, 0.15) is 6.10 Å². The molecule has 1 aromatic heterocycles. The molecule has 1 aliphatic carbocycles. The summed E-state index contributed by atoms with van der Waals surface area (Å²) in [7, 11) is 0. The minimum Gasteiger partial charge on any atom is -0.449 e. The highest BCUT2D eigenvalue weighted by atomic mass is 16.6. The van der Waals surface area contributed by atoms with E-state index in [0.717, 1.165) is 56.3 Å². The average Bonchev–Trinajstić information content (AvgIpc) is 3.18. The van der Waals surface area contributed by atoms with Gasteiger partial charge in [-0.3, -0.25) is 0 Å². The van der Waals surface area contributed by atoms with Gasteiger partial charge >= 0.3 is 12.2 Å². The number of hydrogen-bond donors (Lipinski definition) is 1. The molecule has 0 atom stereocenters. The second-order valence-corrected chi connectivity index (χ2v) is 6.81. The van der Waals surface area contributed by atoms with Crippen LogP contribution in [0.5, 0.6) is 0 Å². The molecule has 0 spiro atoms. The van der Waals surface area contributed by atoms with Crippen molar-refractivity contribution in [1.82, 2.24) is 9.63 Å². The maximum Gasteiger partial charge on any atom is 0.435 e. The summed E-state index contributed by atoms with van der Waals surface area (Å²) in [4.78, 5) is 29.3. The van der Waals surface area contributed by atoms with Crippen LogP contribution < -0.4 is 5.49 Å². The van der Waals surface area contributed by atoms with Crippen LogP contribution >= 0.6 is 0 Å². The fourth-order valence-electron chi connectivity index (χ4n) is 3.37. The largest absolute Gasteiger partial charge is 0.449 e. The van der Waals surface area contributed by atoms with Crippen LogP contribution in [0.15, 0.2) is 29.4 Å². The van der Waals surface area contributed by atoms with Crippen LogP contribution in [0.3, 0.4) is 0 Å². The minimum atomic E-state index is -0.706. The maximum absolute atomic E-state index is 11.9. The molecular weight excluding hydrogens is 338 g/mol. The molecular formula is C18H25N3O5. The van der Waals surface area contributed by atoms with E-state index >= 15 is 0 Å². The van der Waals surface area contributed by atoms with Crippen molar-refractivity contribution in [3.63, 3.8) is 0 Å². The number of pyridine rings is 1. The van der Waals surface area contributed by atoms with Gasteiger partial charge in [-0.2, -0.15) is 9.72 Å². The molecule has 1 aliphatic heterocycles. The number of carbonyl (C=O) groups is 2. The Labute approximate surface area is 152 Å². The highest BCUT2D eigenvalue weighted by molar-refractivity contribution is 5.68. The van der Waals surface area contributed by atoms with Gasteiger partial charge in [0.2, 0.25) is 0 Å². The third kappa shape index (κ3) is 5.00. The molecule has 2 amide bonds. The SMILES string of the molecule is O=C(N=c1ccccn1O)OC1CCC(COC(=O)N2CCCC2)CC1. The Kier molecular flexibility index (Phi) is 6.14. The molecule has 8 heteroatoms. The summed E-state index contributed by atoms with van der Waals surface area (Å²) in [5.41, 5.74) is 0.125. The summed E-state index contributed by atoms with van der Waals surface area (Å²) in [6.45, 7) is 2.01. The molecule has 8 nitrogen and oxygen atoms in total. The van der Waals surface area contributed by atoms with Gasteiger partial charge in [0.05, 0.1) is 6.61 Å². The summed E-state index contributed by atoms with van der Waals surface area (Å²) in [6, 6.07) is 4.82. The molecule has 1 N–H and O–H groups in total. The zero-order valence-electron chi connectivity index (χ0n) is 14.7. The van der Waals surface area contributed by atoms with Gasteiger partial charge in [-0.05, 0) is 56.6 Å². The third-order valence-electron chi connectivity index (χ3n) is 4.89. The maximum atomic E-state index is 11.9. The standard InChI is InChI=1S/C18H25N3O5/c22-17(19-16-5-1-2-12-21(16)24)26-15-8-6-14(7-9-15)13-25-18(23)20-10-3-4-11-20/h1-2,5,12,14-15,24H,3-4,6-11,13H2. The average molecular weight is 363 g/mol. The Balaban J connectivity index is 1.39. The van der Waals surface area contributed by atoms with E-state index < -0.39 is 6.09 Å². The summed E-state index contributed by atoms with van der Waals surface area (Å²) in [6.07, 6.45) is 5.52. The van der Waals surface area contributed by atoms with E-state index in [-0.39, 0.29) is 17.7 Å². The van der Waals surface area contributed by atoms with E-state index in [2.05, 4.69) is 4.99 Å². The molecule has 26 heavy (non-hydrogen) atoms. The Morgan fingerprint density at radius 1 is 1.15 bits per heavy atom. The van der Waals surface area contributed by atoms with Crippen molar-refractivity contribution in [2.24, 2.45) is 10.9 Å². The van der Waals surface area contributed by atoms with Gasteiger partial charge in [-0.25, -0.2) is 9.59 Å². The zero-order valence-corrected chi connectivity index (χ0v) is 14.7. The lowest BCUT2D eigenvalue weighted by atomic mass is 9.88. The summed E-state index contributed by atoms with van der Waals surface area (Å²) in [5, 5.41) is 9.55. The van der Waals surface area contributed by atoms with Crippen LogP contribution in [0.25, 0.3) is 0 Å². The Morgan fingerprint density at radius 3 is 2.58 bits per heavy atom. The third-order valence-corrected chi connectivity index (χ3v) is 4.89. The number of likely N-dealkylation sites (tertiary alicyclic amines) is 1. The second-order valence-electron chi connectivity index (χ2n) is 6.81. The van der Waals surface area contributed by atoms with Gasteiger partial charge in [0, 0.05) is 19.3 Å². The van der Waals surface area contributed by atoms with Crippen molar-refractivity contribution in [3.8, 4) is 0 Å². The monoisotopic (exact) mass is 363 g/mol. The first-order chi connectivity index (χ1) is 12.6. The molecule has 0 unspecified atom stereocenters. The van der Waals surface area contributed by atoms with E-state index in [1.54, 1.807) is 17.0 Å². The molecule has 142 valence electrons. The zero-order chi connectivity index (χ0) is 18.4. The number of nitrogens with zero attached hydrogens (tertiary/aromatic N) is 3. The van der Waals surface area contributed by atoms with E-state index in [1.165, 1.54) is 12.3 Å². The number of hydrogen-bond acceptors (Lipinski definition) is 5. The quantitative estimate of drug-likeness (QED) is 0.833. The molecule has 3 rings (SSSR count). The minimum absolute atomic E-state index is 0.125. The second kappa shape index (κ2) is 8.73. The Bertz CT molecular complexity index is 688. The van der Waals surface area contributed by atoms with Gasteiger partial charge < -0.3 is 19.6 Å². The van der Waals surface area contributed by atoms with E-state index in [9.17, 15) is 14.8 Å². The van der Waals surface area contributed by atoms with Crippen LogP contribution in [0, 0.1) is 5.92 Å². The molecule has 2 aliphatic rings. The fraction of sp³-hybridized carbons (Fsp3) is 0.611. The first-order valence-corrected chi connectivity index (χ1v) is 9.16. The van der Waals surface area contributed by atoms with E-state index in [4.69, 9.17) is 9.47 Å². The smallest absolute Gasteiger partial charge is 0.435 e. The molecule has 2 heterocycles. The van der Waals surface area contributed by atoms with Crippen LogP contribution in [0.4, 0.5) is 9.59 Å². The number of aromatic nitrogens is 1.